The molecule has 1 aromatic heterocycles. The summed E-state index contributed by atoms with van der Waals surface area (Å²) in [6.07, 6.45) is 2.24. The first-order chi connectivity index (χ1) is 7.61. The van der Waals surface area contributed by atoms with Crippen molar-refractivity contribution in [2.45, 2.75) is 6.10 Å². The van der Waals surface area contributed by atoms with Crippen molar-refractivity contribution in [3.63, 3.8) is 0 Å². The smallest absolute Gasteiger partial charge is 0.142 e. The minimum Gasteiger partial charge on any atom is -0.380 e. The summed E-state index contributed by atoms with van der Waals surface area (Å²) in [5.41, 5.74) is 0.316. The molecular weight excluding hydrogens is 231 g/mol. The van der Waals surface area contributed by atoms with E-state index in [1.54, 1.807) is 30.1 Å². The van der Waals surface area contributed by atoms with E-state index in [0.29, 0.717) is 11.4 Å². The second-order valence-electron chi connectivity index (χ2n) is 3.44. The zero-order valence-corrected chi connectivity index (χ0v) is 9.32. The molecule has 0 amide bonds. The first kappa shape index (κ1) is 11.1. The molecule has 3 nitrogen and oxygen atoms in total. The van der Waals surface area contributed by atoms with Crippen LogP contribution < -0.4 is 0 Å². The van der Waals surface area contributed by atoms with Crippen LogP contribution in [0.25, 0.3) is 0 Å². The monoisotopic (exact) mass is 240 g/mol. The van der Waals surface area contributed by atoms with Crippen LogP contribution in [0.5, 0.6) is 0 Å². The van der Waals surface area contributed by atoms with Crippen molar-refractivity contribution in [3.8, 4) is 0 Å². The Hall–Kier alpha value is -1.39. The predicted octanol–water partition coefficient (Wildman–Crippen LogP) is 2.29. The van der Waals surface area contributed by atoms with Crippen LogP contribution in [-0.2, 0) is 7.05 Å². The normalized spacial score (nSPS) is 12.8. The Labute approximate surface area is 97.1 Å². The molecule has 16 heavy (non-hydrogen) atoms. The van der Waals surface area contributed by atoms with E-state index in [4.69, 9.17) is 11.6 Å². The number of aryl methyl sites for hydroxylation is 1. The molecule has 1 unspecified atom stereocenters. The summed E-state index contributed by atoms with van der Waals surface area (Å²) < 4.78 is 14.9. The van der Waals surface area contributed by atoms with Crippen LogP contribution in [0.1, 0.15) is 17.5 Å². The summed E-state index contributed by atoms with van der Waals surface area (Å²) in [6, 6.07) is 4.32. The maximum absolute atomic E-state index is 13.2. The van der Waals surface area contributed by atoms with Crippen LogP contribution >= 0.6 is 11.6 Å². The van der Waals surface area contributed by atoms with E-state index in [2.05, 4.69) is 4.98 Å². The molecule has 0 spiro atoms. The molecule has 0 aliphatic rings. The number of aliphatic hydroxyl groups excluding tert-OH is 1. The molecule has 2 aromatic rings. The van der Waals surface area contributed by atoms with Gasteiger partial charge in [0.25, 0.3) is 0 Å². The molecule has 1 aromatic carbocycles. The number of hydrogen-bond donors (Lipinski definition) is 1. The summed E-state index contributed by atoms with van der Waals surface area (Å²) in [7, 11) is 1.75. The van der Waals surface area contributed by atoms with Gasteiger partial charge < -0.3 is 9.67 Å². The quantitative estimate of drug-likeness (QED) is 0.875. The van der Waals surface area contributed by atoms with Crippen LogP contribution in [0.2, 0.25) is 5.02 Å². The van der Waals surface area contributed by atoms with Crippen LogP contribution in [0.15, 0.2) is 30.6 Å². The Bertz CT molecular complexity index is 512. The highest BCUT2D eigenvalue weighted by Gasteiger charge is 2.19. The van der Waals surface area contributed by atoms with Crippen LogP contribution in [0.4, 0.5) is 4.39 Å². The topological polar surface area (TPSA) is 38.0 Å². The molecule has 0 aliphatic carbocycles. The van der Waals surface area contributed by atoms with Gasteiger partial charge in [-0.2, -0.15) is 0 Å². The van der Waals surface area contributed by atoms with Crippen LogP contribution in [-0.4, -0.2) is 14.7 Å². The lowest BCUT2D eigenvalue weighted by molar-refractivity contribution is 0.206. The first-order valence-corrected chi connectivity index (χ1v) is 5.08. The van der Waals surface area contributed by atoms with Gasteiger partial charge in [0.15, 0.2) is 0 Å². The van der Waals surface area contributed by atoms with Crippen molar-refractivity contribution in [3.05, 3.63) is 52.8 Å². The third kappa shape index (κ3) is 1.81. The van der Waals surface area contributed by atoms with Gasteiger partial charge in [0.1, 0.15) is 17.7 Å². The molecule has 0 saturated heterocycles. The molecule has 1 heterocycles. The van der Waals surface area contributed by atoms with Crippen LogP contribution in [0, 0.1) is 5.82 Å². The molecule has 0 bridgehead atoms. The highest BCUT2D eigenvalue weighted by molar-refractivity contribution is 6.31. The third-order valence-electron chi connectivity index (χ3n) is 2.38. The van der Waals surface area contributed by atoms with E-state index < -0.39 is 11.9 Å². The number of aliphatic hydroxyl groups is 1. The lowest BCUT2D eigenvalue weighted by Crippen LogP contribution is -2.07. The predicted molar refractivity (Wildman–Crippen MR) is 58.7 cm³/mol. The summed E-state index contributed by atoms with van der Waals surface area (Å²) >= 11 is 5.79. The average molecular weight is 241 g/mol. The first-order valence-electron chi connectivity index (χ1n) is 4.70. The molecule has 0 fully saturated rings. The number of hydrogen-bond acceptors (Lipinski definition) is 2. The van der Waals surface area contributed by atoms with Crippen molar-refractivity contribution in [2.24, 2.45) is 7.05 Å². The lowest BCUT2D eigenvalue weighted by Gasteiger charge is -2.12. The van der Waals surface area contributed by atoms with Gasteiger partial charge in [0.2, 0.25) is 0 Å². The van der Waals surface area contributed by atoms with Gasteiger partial charge in [-0.1, -0.05) is 23.7 Å². The van der Waals surface area contributed by atoms with Gasteiger partial charge in [-0.3, -0.25) is 0 Å². The van der Waals surface area contributed by atoms with E-state index in [9.17, 15) is 9.50 Å². The van der Waals surface area contributed by atoms with Crippen molar-refractivity contribution >= 4 is 11.6 Å². The minimum atomic E-state index is -1.02. The zero-order valence-electron chi connectivity index (χ0n) is 8.56. The Morgan fingerprint density at radius 3 is 2.88 bits per heavy atom. The lowest BCUT2D eigenvalue weighted by atomic mass is 10.1. The number of rotatable bonds is 2. The van der Waals surface area contributed by atoms with Gasteiger partial charge >= 0.3 is 0 Å². The second-order valence-corrected chi connectivity index (χ2v) is 3.82. The molecule has 1 atom stereocenters. The minimum absolute atomic E-state index is 0.0713. The van der Waals surface area contributed by atoms with E-state index in [-0.39, 0.29) is 5.02 Å². The maximum Gasteiger partial charge on any atom is 0.142 e. The number of imidazole rings is 1. The number of nitrogens with zero attached hydrogens (tertiary/aromatic N) is 2. The molecular formula is C11H10ClFN2O. The highest BCUT2D eigenvalue weighted by Crippen LogP contribution is 2.28. The van der Waals surface area contributed by atoms with Gasteiger partial charge in [0, 0.05) is 25.0 Å². The fourth-order valence-electron chi connectivity index (χ4n) is 1.51. The molecule has 0 saturated carbocycles. The molecule has 5 heteroatoms. The fourth-order valence-corrected chi connectivity index (χ4v) is 1.74. The highest BCUT2D eigenvalue weighted by atomic mass is 35.5. The number of benzene rings is 1. The summed E-state index contributed by atoms with van der Waals surface area (Å²) in [5, 5.41) is 9.96. The van der Waals surface area contributed by atoms with Gasteiger partial charge in [-0.15, -0.1) is 0 Å². The van der Waals surface area contributed by atoms with Crippen molar-refractivity contribution in [1.82, 2.24) is 9.55 Å². The van der Waals surface area contributed by atoms with Gasteiger partial charge in [0.05, 0.1) is 5.02 Å². The summed E-state index contributed by atoms with van der Waals surface area (Å²) in [6.45, 7) is 0. The summed E-state index contributed by atoms with van der Waals surface area (Å²) in [4.78, 5) is 3.99. The Morgan fingerprint density at radius 2 is 2.25 bits per heavy atom. The summed E-state index contributed by atoms with van der Waals surface area (Å²) in [5.74, 6) is -0.125. The van der Waals surface area contributed by atoms with Gasteiger partial charge in [-0.05, 0) is 6.07 Å². The number of aromatic nitrogens is 2. The molecule has 84 valence electrons. The number of halogens is 2. The van der Waals surface area contributed by atoms with Gasteiger partial charge in [-0.25, -0.2) is 9.37 Å². The van der Waals surface area contributed by atoms with Crippen molar-refractivity contribution in [2.75, 3.05) is 0 Å². The standard InChI is InChI=1S/C11H10ClFN2O/c1-15-6-5-14-11(15)10(16)7-3-2-4-8(13)9(7)12/h2-6,10,16H,1H3. The average Bonchev–Trinajstić information content (AvgIpc) is 2.68. The van der Waals surface area contributed by atoms with E-state index in [1.807, 2.05) is 0 Å². The Morgan fingerprint density at radius 1 is 1.50 bits per heavy atom. The molecule has 1 N–H and O–H groups in total. The molecule has 0 radical (unpaired) electrons. The van der Waals surface area contributed by atoms with E-state index in [0.717, 1.165) is 0 Å². The van der Waals surface area contributed by atoms with Crippen LogP contribution in [0.3, 0.4) is 0 Å². The molecule has 0 aliphatic heterocycles. The van der Waals surface area contributed by atoms with Crippen molar-refractivity contribution in [1.29, 1.82) is 0 Å². The Kier molecular flexibility index (Phi) is 2.94. The fraction of sp³-hybridized carbons (Fsp3) is 0.182. The largest absolute Gasteiger partial charge is 0.380 e. The third-order valence-corrected chi connectivity index (χ3v) is 2.78. The second kappa shape index (κ2) is 4.23. The maximum atomic E-state index is 13.2. The van der Waals surface area contributed by atoms with E-state index in [1.165, 1.54) is 12.1 Å². The molecule has 2 rings (SSSR count). The SMILES string of the molecule is Cn1ccnc1C(O)c1cccc(F)c1Cl. The van der Waals surface area contributed by atoms with Crippen molar-refractivity contribution < 1.29 is 9.50 Å². The van der Waals surface area contributed by atoms with E-state index >= 15 is 0 Å². The zero-order chi connectivity index (χ0) is 11.7. The Balaban J connectivity index is 2.46.